The SMILES string of the molecule is Cc1ccc(Br)nc1N(Cl)C(=O)[C@@H]1C[C@@]2(C)C[C@H]2N1. The number of pyridine rings is 1. The molecule has 102 valence electrons. The average Bonchev–Trinajstić information content (AvgIpc) is 2.88. The first-order valence-electron chi connectivity index (χ1n) is 6.30. The van der Waals surface area contributed by atoms with Crippen LogP contribution in [0.1, 0.15) is 25.3 Å². The highest BCUT2D eigenvalue weighted by atomic mass is 79.9. The van der Waals surface area contributed by atoms with Crippen LogP contribution in [0.25, 0.3) is 0 Å². The van der Waals surface area contributed by atoms with Crippen molar-refractivity contribution in [2.24, 2.45) is 5.41 Å². The van der Waals surface area contributed by atoms with Crippen LogP contribution < -0.4 is 9.74 Å². The number of aromatic nitrogens is 1. The normalized spacial score (nSPS) is 32.0. The lowest BCUT2D eigenvalue weighted by molar-refractivity contribution is -0.119. The zero-order chi connectivity index (χ0) is 13.8. The van der Waals surface area contributed by atoms with Gasteiger partial charge in [0, 0.05) is 17.8 Å². The van der Waals surface area contributed by atoms with Crippen molar-refractivity contribution < 1.29 is 4.79 Å². The molecule has 0 unspecified atom stereocenters. The summed E-state index contributed by atoms with van der Waals surface area (Å²) < 4.78 is 1.81. The highest BCUT2D eigenvalue weighted by Crippen LogP contribution is 2.54. The number of hydrogen-bond acceptors (Lipinski definition) is 3. The lowest BCUT2D eigenvalue weighted by atomic mass is 10.0. The Morgan fingerprint density at radius 1 is 1.58 bits per heavy atom. The maximum Gasteiger partial charge on any atom is 0.260 e. The Hall–Kier alpha value is -0.650. The molecule has 1 N–H and O–H groups in total. The maximum atomic E-state index is 12.4. The van der Waals surface area contributed by atoms with Gasteiger partial charge in [0.1, 0.15) is 4.60 Å². The molecule has 1 saturated heterocycles. The highest BCUT2D eigenvalue weighted by molar-refractivity contribution is 9.10. The molecule has 0 radical (unpaired) electrons. The molecule has 3 rings (SSSR count). The van der Waals surface area contributed by atoms with Crippen molar-refractivity contribution in [3.8, 4) is 0 Å². The van der Waals surface area contributed by atoms with Gasteiger partial charge in [-0.1, -0.05) is 13.0 Å². The van der Waals surface area contributed by atoms with Gasteiger partial charge in [-0.15, -0.1) is 0 Å². The van der Waals surface area contributed by atoms with Crippen molar-refractivity contribution >= 4 is 39.4 Å². The van der Waals surface area contributed by atoms with Gasteiger partial charge in [-0.05, 0) is 52.7 Å². The molecular formula is C13H15BrClN3O. The van der Waals surface area contributed by atoms with E-state index >= 15 is 0 Å². The molecule has 4 nitrogen and oxygen atoms in total. The van der Waals surface area contributed by atoms with E-state index in [1.165, 1.54) is 0 Å². The minimum Gasteiger partial charge on any atom is -0.302 e. The fourth-order valence-electron chi connectivity index (χ4n) is 2.75. The van der Waals surface area contributed by atoms with Gasteiger partial charge >= 0.3 is 0 Å². The third-order valence-corrected chi connectivity index (χ3v) is 4.91. The van der Waals surface area contributed by atoms with Crippen LogP contribution in [-0.4, -0.2) is 23.0 Å². The average molecular weight is 345 g/mol. The molecule has 1 aliphatic heterocycles. The van der Waals surface area contributed by atoms with Crippen LogP contribution in [0.15, 0.2) is 16.7 Å². The molecule has 0 aromatic carbocycles. The predicted octanol–water partition coefficient (Wildman–Crippen LogP) is 2.78. The van der Waals surface area contributed by atoms with E-state index in [1.807, 2.05) is 19.1 Å². The first kappa shape index (κ1) is 13.3. The molecule has 1 aliphatic carbocycles. The Morgan fingerprint density at radius 2 is 2.32 bits per heavy atom. The third kappa shape index (κ3) is 2.28. The number of carbonyl (C=O) groups is 1. The zero-order valence-corrected chi connectivity index (χ0v) is 13.1. The summed E-state index contributed by atoms with van der Waals surface area (Å²) in [7, 11) is 0. The topological polar surface area (TPSA) is 45.2 Å². The highest BCUT2D eigenvalue weighted by Gasteiger charge is 2.58. The van der Waals surface area contributed by atoms with Gasteiger partial charge in [-0.25, -0.2) is 9.40 Å². The summed E-state index contributed by atoms with van der Waals surface area (Å²) >= 11 is 9.48. The molecule has 0 spiro atoms. The van der Waals surface area contributed by atoms with E-state index in [0.29, 0.717) is 16.5 Å². The first-order valence-corrected chi connectivity index (χ1v) is 7.43. The van der Waals surface area contributed by atoms with E-state index in [9.17, 15) is 4.79 Å². The number of hydrogen-bond donors (Lipinski definition) is 1. The largest absolute Gasteiger partial charge is 0.302 e. The van der Waals surface area contributed by atoms with Crippen molar-refractivity contribution in [3.63, 3.8) is 0 Å². The molecule has 3 atom stereocenters. The molecule has 1 aromatic rings. The van der Waals surface area contributed by atoms with Gasteiger partial charge in [0.15, 0.2) is 5.82 Å². The molecule has 1 saturated carbocycles. The minimum atomic E-state index is -0.193. The molecule has 19 heavy (non-hydrogen) atoms. The minimum absolute atomic E-state index is 0.121. The summed E-state index contributed by atoms with van der Waals surface area (Å²) in [5.41, 5.74) is 1.17. The van der Waals surface area contributed by atoms with Crippen molar-refractivity contribution in [2.45, 2.75) is 38.8 Å². The second-order valence-electron chi connectivity index (χ2n) is 5.73. The summed E-state index contributed by atoms with van der Waals surface area (Å²) in [6.07, 6.45) is 2.01. The van der Waals surface area contributed by atoms with E-state index in [1.54, 1.807) is 0 Å². The van der Waals surface area contributed by atoms with Gasteiger partial charge in [-0.2, -0.15) is 0 Å². The zero-order valence-electron chi connectivity index (χ0n) is 10.8. The summed E-state index contributed by atoms with van der Waals surface area (Å²) in [5, 5.41) is 3.34. The second-order valence-corrected chi connectivity index (χ2v) is 6.88. The number of nitrogens with zero attached hydrogens (tertiary/aromatic N) is 2. The van der Waals surface area contributed by atoms with Crippen LogP contribution in [0, 0.1) is 12.3 Å². The van der Waals surface area contributed by atoms with Crippen LogP contribution in [0.2, 0.25) is 0 Å². The Balaban J connectivity index is 1.78. The number of amides is 1. The molecule has 2 heterocycles. The standard InChI is InChI=1S/C13H15BrClN3O/c1-7-3-4-10(14)17-11(7)18(15)12(19)8-5-13(2)6-9(13)16-8/h3-4,8-9,16H,5-6H2,1-2H3/t8-,9+,13-/m0/s1. The van der Waals surface area contributed by atoms with E-state index in [0.717, 1.165) is 22.8 Å². The number of fused-ring (bicyclic) bond motifs is 1. The molecule has 1 amide bonds. The summed E-state index contributed by atoms with van der Waals surface area (Å²) in [6.45, 7) is 4.09. The number of aryl methyl sites for hydroxylation is 1. The number of halogens is 2. The van der Waals surface area contributed by atoms with Crippen LogP contribution >= 0.6 is 27.7 Å². The fourth-order valence-corrected chi connectivity index (χ4v) is 3.34. The quantitative estimate of drug-likeness (QED) is 0.663. The van der Waals surface area contributed by atoms with Gasteiger partial charge in [0.2, 0.25) is 0 Å². The van der Waals surface area contributed by atoms with E-state index in [4.69, 9.17) is 11.8 Å². The van der Waals surface area contributed by atoms with E-state index in [2.05, 4.69) is 33.2 Å². The van der Waals surface area contributed by atoms with E-state index < -0.39 is 0 Å². The van der Waals surface area contributed by atoms with Crippen molar-refractivity contribution in [2.75, 3.05) is 4.42 Å². The molecule has 6 heteroatoms. The Bertz CT molecular complexity index is 553. The van der Waals surface area contributed by atoms with Crippen LogP contribution in [-0.2, 0) is 4.79 Å². The molecule has 2 fully saturated rings. The number of rotatable bonds is 2. The Morgan fingerprint density at radius 3 is 2.95 bits per heavy atom. The lowest BCUT2D eigenvalue weighted by Crippen LogP contribution is -2.41. The molecule has 2 aliphatic rings. The number of nitrogens with one attached hydrogen (secondary N) is 1. The van der Waals surface area contributed by atoms with Crippen molar-refractivity contribution in [1.29, 1.82) is 0 Å². The number of carbonyl (C=O) groups excluding carboxylic acids is 1. The summed E-state index contributed by atoms with van der Waals surface area (Å²) in [4.78, 5) is 16.7. The Kier molecular flexibility index (Phi) is 3.11. The lowest BCUT2D eigenvalue weighted by Gasteiger charge is -2.20. The van der Waals surface area contributed by atoms with Gasteiger partial charge in [0.25, 0.3) is 5.91 Å². The number of anilines is 1. The second kappa shape index (κ2) is 4.43. The van der Waals surface area contributed by atoms with E-state index in [-0.39, 0.29) is 17.4 Å². The summed E-state index contributed by atoms with van der Waals surface area (Å²) in [6, 6.07) is 4.00. The van der Waals surface area contributed by atoms with Gasteiger partial charge < -0.3 is 5.32 Å². The first-order chi connectivity index (χ1) is 8.90. The number of piperidine rings is 1. The van der Waals surface area contributed by atoms with Crippen LogP contribution in [0.3, 0.4) is 0 Å². The summed E-state index contributed by atoms with van der Waals surface area (Å²) in [5.74, 6) is 0.373. The van der Waals surface area contributed by atoms with Crippen LogP contribution in [0.5, 0.6) is 0 Å². The Labute approximate surface area is 125 Å². The van der Waals surface area contributed by atoms with Crippen molar-refractivity contribution in [3.05, 3.63) is 22.3 Å². The predicted molar refractivity (Wildman–Crippen MR) is 78.1 cm³/mol. The molecule has 1 aromatic heterocycles. The van der Waals surface area contributed by atoms with Crippen LogP contribution in [0.4, 0.5) is 5.82 Å². The smallest absolute Gasteiger partial charge is 0.260 e. The monoisotopic (exact) mass is 343 g/mol. The molecule has 0 bridgehead atoms. The van der Waals surface area contributed by atoms with Gasteiger partial charge in [0.05, 0.1) is 6.04 Å². The van der Waals surface area contributed by atoms with Gasteiger partial charge in [-0.3, -0.25) is 4.79 Å². The van der Waals surface area contributed by atoms with Crippen molar-refractivity contribution in [1.82, 2.24) is 10.3 Å². The fraction of sp³-hybridized carbons (Fsp3) is 0.538. The molecular weight excluding hydrogens is 330 g/mol. The third-order valence-electron chi connectivity index (χ3n) is 4.14. The maximum absolute atomic E-state index is 12.4.